The Bertz CT molecular complexity index is 688. The molecular formula is C17H21FN4OS. The van der Waals surface area contributed by atoms with Gasteiger partial charge < -0.3 is 15.5 Å². The van der Waals surface area contributed by atoms with Gasteiger partial charge in [0.15, 0.2) is 0 Å². The Kier molecular flexibility index (Phi) is 5.42. The van der Waals surface area contributed by atoms with Gasteiger partial charge in [0, 0.05) is 49.4 Å². The third kappa shape index (κ3) is 4.30. The molecule has 24 heavy (non-hydrogen) atoms. The van der Waals surface area contributed by atoms with Gasteiger partial charge in [0.1, 0.15) is 11.9 Å². The van der Waals surface area contributed by atoms with Gasteiger partial charge in [-0.15, -0.1) is 11.3 Å². The molecule has 0 spiro atoms. The second kappa shape index (κ2) is 7.72. The number of aryl methyl sites for hydroxylation is 1. The Morgan fingerprint density at radius 3 is 2.96 bits per heavy atom. The Labute approximate surface area is 144 Å². The summed E-state index contributed by atoms with van der Waals surface area (Å²) in [6.45, 7) is 4.71. The Morgan fingerprint density at radius 1 is 1.46 bits per heavy atom. The molecule has 1 fully saturated rings. The summed E-state index contributed by atoms with van der Waals surface area (Å²) < 4.78 is 13.0. The van der Waals surface area contributed by atoms with E-state index in [0.717, 1.165) is 30.2 Å². The average Bonchev–Trinajstić information content (AvgIpc) is 3.01. The zero-order valence-electron chi connectivity index (χ0n) is 13.6. The van der Waals surface area contributed by atoms with E-state index in [9.17, 15) is 9.18 Å². The molecule has 1 aliphatic heterocycles. The Morgan fingerprint density at radius 2 is 2.25 bits per heavy atom. The van der Waals surface area contributed by atoms with Gasteiger partial charge in [-0.3, -0.25) is 4.79 Å². The summed E-state index contributed by atoms with van der Waals surface area (Å²) in [6.07, 6.45) is 2.60. The molecule has 0 bridgehead atoms. The maximum atomic E-state index is 13.0. The molecule has 1 aliphatic rings. The van der Waals surface area contributed by atoms with Crippen LogP contribution in [0, 0.1) is 12.7 Å². The second-order valence-electron chi connectivity index (χ2n) is 5.83. The first-order chi connectivity index (χ1) is 11.6. The Balaban J connectivity index is 1.50. The molecule has 3 rings (SSSR count). The molecule has 0 unspecified atom stereocenters. The van der Waals surface area contributed by atoms with Gasteiger partial charge in [-0.1, -0.05) is 0 Å². The zero-order chi connectivity index (χ0) is 16.9. The fourth-order valence-corrected chi connectivity index (χ4v) is 3.53. The summed E-state index contributed by atoms with van der Waals surface area (Å²) in [5.74, 6) is -0.254. The third-order valence-corrected chi connectivity index (χ3v) is 4.96. The lowest BCUT2D eigenvalue weighted by Gasteiger charge is -2.34. The fraction of sp³-hybridized carbons (Fsp3) is 0.412. The number of carbonyl (C=O) groups excluding carboxylic acids is 1. The first-order valence-electron chi connectivity index (χ1n) is 8.05. The maximum absolute atomic E-state index is 13.0. The van der Waals surface area contributed by atoms with Crippen LogP contribution >= 0.6 is 11.3 Å². The molecule has 5 nitrogen and oxygen atoms in total. The number of hydrogen-bond acceptors (Lipinski definition) is 5. The molecular weight excluding hydrogens is 327 g/mol. The standard InChI is InChI=1S/C17H21FN4OS/c1-12-10-21-16(24-12)6-7-20-17(23)15-11-22(9-8-19-15)14-4-2-13(18)3-5-14/h2-5,10,15,19H,6-9,11H2,1H3,(H,20,23)/t15-/m0/s1. The lowest BCUT2D eigenvalue weighted by Crippen LogP contribution is -2.57. The minimum absolute atomic E-state index is 0.00455. The van der Waals surface area contributed by atoms with E-state index in [2.05, 4.69) is 20.5 Å². The number of benzene rings is 1. The molecule has 1 aromatic heterocycles. The molecule has 7 heteroatoms. The van der Waals surface area contributed by atoms with Crippen molar-refractivity contribution in [1.29, 1.82) is 0 Å². The van der Waals surface area contributed by atoms with Crippen LogP contribution < -0.4 is 15.5 Å². The van der Waals surface area contributed by atoms with Crippen LogP contribution in [0.5, 0.6) is 0 Å². The first kappa shape index (κ1) is 16.9. The highest BCUT2D eigenvalue weighted by Crippen LogP contribution is 2.16. The minimum atomic E-state index is -0.262. The predicted molar refractivity (Wildman–Crippen MR) is 94.0 cm³/mol. The van der Waals surface area contributed by atoms with Crippen LogP contribution in [0.4, 0.5) is 10.1 Å². The number of thiazole rings is 1. The van der Waals surface area contributed by atoms with E-state index in [0.29, 0.717) is 13.1 Å². The number of anilines is 1. The molecule has 1 aromatic carbocycles. The van der Waals surface area contributed by atoms with E-state index < -0.39 is 0 Å². The quantitative estimate of drug-likeness (QED) is 0.864. The van der Waals surface area contributed by atoms with Gasteiger partial charge in [0.05, 0.1) is 5.01 Å². The normalized spacial score (nSPS) is 17.8. The minimum Gasteiger partial charge on any atom is -0.368 e. The first-order valence-corrected chi connectivity index (χ1v) is 8.86. The SMILES string of the molecule is Cc1cnc(CCNC(=O)[C@@H]2CN(c3ccc(F)cc3)CCN2)s1. The van der Waals surface area contributed by atoms with Crippen LogP contribution in [-0.2, 0) is 11.2 Å². The number of rotatable bonds is 5. The van der Waals surface area contributed by atoms with Gasteiger partial charge >= 0.3 is 0 Å². The van der Waals surface area contributed by atoms with Crippen molar-refractivity contribution < 1.29 is 9.18 Å². The highest BCUT2D eigenvalue weighted by molar-refractivity contribution is 7.11. The van der Waals surface area contributed by atoms with Crippen LogP contribution in [0.2, 0.25) is 0 Å². The molecule has 1 amide bonds. The maximum Gasteiger partial charge on any atom is 0.238 e. The number of halogens is 1. The van der Waals surface area contributed by atoms with Crippen molar-refractivity contribution in [2.24, 2.45) is 0 Å². The summed E-state index contributed by atoms with van der Waals surface area (Å²) in [5.41, 5.74) is 0.939. The molecule has 0 radical (unpaired) electrons. The number of hydrogen-bond donors (Lipinski definition) is 2. The van der Waals surface area contributed by atoms with Crippen molar-refractivity contribution in [3.63, 3.8) is 0 Å². The molecule has 0 saturated carbocycles. The molecule has 1 atom stereocenters. The highest BCUT2D eigenvalue weighted by atomic mass is 32.1. The van der Waals surface area contributed by atoms with Gasteiger partial charge in [-0.2, -0.15) is 0 Å². The van der Waals surface area contributed by atoms with Crippen molar-refractivity contribution >= 4 is 22.9 Å². The number of amides is 1. The molecule has 2 N–H and O–H groups in total. The van der Waals surface area contributed by atoms with E-state index in [-0.39, 0.29) is 17.8 Å². The summed E-state index contributed by atoms with van der Waals surface area (Å²) in [7, 11) is 0. The molecule has 1 saturated heterocycles. The van der Waals surface area contributed by atoms with Crippen LogP contribution in [-0.4, -0.2) is 43.1 Å². The number of aromatic nitrogens is 1. The average molecular weight is 348 g/mol. The topological polar surface area (TPSA) is 57.3 Å². The summed E-state index contributed by atoms with van der Waals surface area (Å²) in [6, 6.07) is 6.13. The largest absolute Gasteiger partial charge is 0.368 e. The fourth-order valence-electron chi connectivity index (χ4n) is 2.74. The van der Waals surface area contributed by atoms with Gasteiger partial charge in [0.25, 0.3) is 0 Å². The van der Waals surface area contributed by atoms with Crippen LogP contribution in [0.25, 0.3) is 0 Å². The van der Waals surface area contributed by atoms with Gasteiger partial charge in [-0.25, -0.2) is 9.37 Å². The number of nitrogens with one attached hydrogen (secondary N) is 2. The van der Waals surface area contributed by atoms with E-state index >= 15 is 0 Å². The monoisotopic (exact) mass is 348 g/mol. The molecule has 128 valence electrons. The van der Waals surface area contributed by atoms with E-state index in [4.69, 9.17) is 0 Å². The smallest absolute Gasteiger partial charge is 0.238 e. The predicted octanol–water partition coefficient (Wildman–Crippen LogP) is 1.73. The van der Waals surface area contributed by atoms with E-state index in [1.54, 1.807) is 23.5 Å². The number of carbonyl (C=O) groups is 1. The molecule has 2 heterocycles. The number of piperazine rings is 1. The highest BCUT2D eigenvalue weighted by Gasteiger charge is 2.25. The zero-order valence-corrected chi connectivity index (χ0v) is 14.4. The van der Waals surface area contributed by atoms with Crippen molar-refractivity contribution in [2.75, 3.05) is 31.1 Å². The van der Waals surface area contributed by atoms with E-state index in [1.165, 1.54) is 17.0 Å². The van der Waals surface area contributed by atoms with Gasteiger partial charge in [0.2, 0.25) is 5.91 Å². The summed E-state index contributed by atoms with van der Waals surface area (Å²) in [4.78, 5) is 19.9. The second-order valence-corrected chi connectivity index (χ2v) is 7.15. The van der Waals surface area contributed by atoms with Crippen molar-refractivity contribution in [1.82, 2.24) is 15.6 Å². The van der Waals surface area contributed by atoms with Crippen LogP contribution in [0.1, 0.15) is 9.88 Å². The summed E-state index contributed by atoms with van der Waals surface area (Å²) in [5, 5.41) is 7.25. The van der Waals surface area contributed by atoms with Crippen LogP contribution in [0.3, 0.4) is 0 Å². The van der Waals surface area contributed by atoms with Crippen molar-refractivity contribution in [3.8, 4) is 0 Å². The van der Waals surface area contributed by atoms with Crippen LogP contribution in [0.15, 0.2) is 30.5 Å². The lowest BCUT2D eigenvalue weighted by molar-refractivity contribution is -0.123. The van der Waals surface area contributed by atoms with Gasteiger partial charge in [-0.05, 0) is 31.2 Å². The van der Waals surface area contributed by atoms with Crippen molar-refractivity contribution in [2.45, 2.75) is 19.4 Å². The number of nitrogens with zero attached hydrogens (tertiary/aromatic N) is 2. The molecule has 0 aliphatic carbocycles. The summed E-state index contributed by atoms with van der Waals surface area (Å²) >= 11 is 1.66. The molecule has 2 aromatic rings. The van der Waals surface area contributed by atoms with E-state index in [1.807, 2.05) is 13.1 Å². The Hall–Kier alpha value is -1.99. The van der Waals surface area contributed by atoms with Crippen molar-refractivity contribution in [3.05, 3.63) is 46.2 Å². The lowest BCUT2D eigenvalue weighted by atomic mass is 10.1. The third-order valence-electron chi connectivity index (χ3n) is 3.99.